The summed E-state index contributed by atoms with van der Waals surface area (Å²) in [7, 11) is 1.61. The van der Waals surface area contributed by atoms with Gasteiger partial charge in [-0.3, -0.25) is 0 Å². The van der Waals surface area contributed by atoms with E-state index in [1.54, 1.807) is 7.11 Å². The molecule has 0 fully saturated rings. The minimum atomic E-state index is 0.720. The van der Waals surface area contributed by atoms with Gasteiger partial charge in [0.15, 0.2) is 0 Å². The van der Waals surface area contributed by atoms with E-state index in [0.29, 0.717) is 0 Å². The van der Waals surface area contributed by atoms with Gasteiger partial charge in [-0.1, -0.05) is 28.1 Å². The molecule has 0 saturated carbocycles. The SMILES string of the molecule is CONCc1ccc(C)cc1Br. The Morgan fingerprint density at radius 3 is 2.83 bits per heavy atom. The molecule has 0 amide bonds. The molecule has 2 nitrogen and oxygen atoms in total. The Bertz CT molecular complexity index is 263. The normalized spacial score (nSPS) is 10.2. The lowest BCUT2D eigenvalue weighted by Crippen LogP contribution is -2.11. The molecule has 0 aliphatic heterocycles. The van der Waals surface area contributed by atoms with Crippen molar-refractivity contribution in [3.05, 3.63) is 33.8 Å². The van der Waals surface area contributed by atoms with Crippen LogP contribution in [0.3, 0.4) is 0 Å². The summed E-state index contributed by atoms with van der Waals surface area (Å²) in [5.41, 5.74) is 5.24. The lowest BCUT2D eigenvalue weighted by molar-refractivity contribution is 0.0866. The van der Waals surface area contributed by atoms with E-state index in [0.717, 1.165) is 11.0 Å². The average molecular weight is 230 g/mol. The monoisotopic (exact) mass is 229 g/mol. The molecule has 0 bridgehead atoms. The Balaban J connectivity index is 2.72. The van der Waals surface area contributed by atoms with Crippen LogP contribution in [-0.4, -0.2) is 7.11 Å². The summed E-state index contributed by atoms with van der Waals surface area (Å²) < 4.78 is 1.12. The van der Waals surface area contributed by atoms with E-state index >= 15 is 0 Å². The van der Waals surface area contributed by atoms with Crippen molar-refractivity contribution in [3.63, 3.8) is 0 Å². The number of benzene rings is 1. The van der Waals surface area contributed by atoms with Crippen LogP contribution in [-0.2, 0) is 11.4 Å². The van der Waals surface area contributed by atoms with Gasteiger partial charge in [0, 0.05) is 11.0 Å². The van der Waals surface area contributed by atoms with Crippen molar-refractivity contribution >= 4 is 15.9 Å². The van der Waals surface area contributed by atoms with Crippen LogP contribution in [0.2, 0.25) is 0 Å². The van der Waals surface area contributed by atoms with E-state index in [-0.39, 0.29) is 0 Å². The minimum Gasteiger partial charge on any atom is -0.305 e. The smallest absolute Gasteiger partial charge is 0.0572 e. The predicted octanol–water partition coefficient (Wildman–Crippen LogP) is 2.41. The zero-order chi connectivity index (χ0) is 8.97. The van der Waals surface area contributed by atoms with Crippen molar-refractivity contribution in [3.8, 4) is 0 Å². The van der Waals surface area contributed by atoms with Gasteiger partial charge in [-0.05, 0) is 24.1 Å². The maximum Gasteiger partial charge on any atom is 0.0572 e. The van der Waals surface area contributed by atoms with E-state index in [2.05, 4.69) is 46.5 Å². The topological polar surface area (TPSA) is 21.3 Å². The first kappa shape index (κ1) is 9.71. The summed E-state index contributed by atoms with van der Waals surface area (Å²) in [4.78, 5) is 4.76. The van der Waals surface area contributed by atoms with Gasteiger partial charge in [0.2, 0.25) is 0 Å². The highest BCUT2D eigenvalue weighted by molar-refractivity contribution is 9.10. The number of halogens is 1. The Labute approximate surface area is 81.0 Å². The largest absolute Gasteiger partial charge is 0.305 e. The third kappa shape index (κ3) is 2.59. The molecule has 0 spiro atoms. The first-order valence-electron chi connectivity index (χ1n) is 3.75. The third-order valence-corrected chi connectivity index (χ3v) is 2.35. The van der Waals surface area contributed by atoms with Gasteiger partial charge < -0.3 is 4.84 Å². The fourth-order valence-corrected chi connectivity index (χ4v) is 1.58. The first-order chi connectivity index (χ1) is 5.74. The van der Waals surface area contributed by atoms with Crippen LogP contribution in [0.4, 0.5) is 0 Å². The van der Waals surface area contributed by atoms with Gasteiger partial charge in [0.05, 0.1) is 7.11 Å². The standard InChI is InChI=1S/C9H12BrNO/c1-7-3-4-8(6-11-12-2)9(10)5-7/h3-5,11H,6H2,1-2H3. The maximum atomic E-state index is 4.76. The van der Waals surface area contributed by atoms with Crippen LogP contribution in [0.1, 0.15) is 11.1 Å². The third-order valence-electron chi connectivity index (χ3n) is 1.62. The van der Waals surface area contributed by atoms with Crippen molar-refractivity contribution in [1.29, 1.82) is 0 Å². The highest BCUT2D eigenvalue weighted by Gasteiger charge is 1.98. The number of hydroxylamine groups is 1. The van der Waals surface area contributed by atoms with E-state index in [1.165, 1.54) is 11.1 Å². The highest BCUT2D eigenvalue weighted by atomic mass is 79.9. The van der Waals surface area contributed by atoms with Gasteiger partial charge in [0.1, 0.15) is 0 Å². The van der Waals surface area contributed by atoms with E-state index in [9.17, 15) is 0 Å². The molecule has 0 radical (unpaired) electrons. The summed E-state index contributed by atoms with van der Waals surface area (Å²) in [6, 6.07) is 6.25. The van der Waals surface area contributed by atoms with Crippen LogP contribution < -0.4 is 5.48 Å². The van der Waals surface area contributed by atoms with Crippen LogP contribution in [0.25, 0.3) is 0 Å². The maximum absolute atomic E-state index is 4.76. The van der Waals surface area contributed by atoms with Gasteiger partial charge in [-0.25, -0.2) is 0 Å². The van der Waals surface area contributed by atoms with E-state index < -0.39 is 0 Å². The molecule has 1 aromatic rings. The highest BCUT2D eigenvalue weighted by Crippen LogP contribution is 2.17. The molecule has 0 atom stereocenters. The molecule has 66 valence electrons. The molecular weight excluding hydrogens is 218 g/mol. The number of hydrogen-bond acceptors (Lipinski definition) is 2. The summed E-state index contributed by atoms with van der Waals surface area (Å²) in [5, 5.41) is 0. The molecule has 12 heavy (non-hydrogen) atoms. The predicted molar refractivity (Wildman–Crippen MR) is 52.7 cm³/mol. The molecule has 0 saturated heterocycles. The Hall–Kier alpha value is -0.380. The fraction of sp³-hybridized carbons (Fsp3) is 0.333. The van der Waals surface area contributed by atoms with Crippen LogP contribution >= 0.6 is 15.9 Å². The van der Waals surface area contributed by atoms with Crippen molar-refractivity contribution in [2.75, 3.05) is 7.11 Å². The van der Waals surface area contributed by atoms with Crippen LogP contribution in [0.5, 0.6) is 0 Å². The Kier molecular flexibility index (Phi) is 3.72. The molecule has 0 unspecified atom stereocenters. The van der Waals surface area contributed by atoms with Crippen molar-refractivity contribution in [1.82, 2.24) is 5.48 Å². The molecule has 0 aliphatic carbocycles. The second-order valence-corrected chi connectivity index (χ2v) is 3.47. The first-order valence-corrected chi connectivity index (χ1v) is 4.54. The van der Waals surface area contributed by atoms with Crippen molar-refractivity contribution < 1.29 is 4.84 Å². The van der Waals surface area contributed by atoms with Crippen LogP contribution in [0, 0.1) is 6.92 Å². The van der Waals surface area contributed by atoms with E-state index in [4.69, 9.17) is 4.84 Å². The lowest BCUT2D eigenvalue weighted by atomic mass is 10.1. The molecule has 0 aliphatic rings. The van der Waals surface area contributed by atoms with Gasteiger partial charge >= 0.3 is 0 Å². The van der Waals surface area contributed by atoms with Gasteiger partial charge in [0.25, 0.3) is 0 Å². The van der Waals surface area contributed by atoms with Gasteiger partial charge in [-0.2, -0.15) is 5.48 Å². The zero-order valence-corrected chi connectivity index (χ0v) is 8.81. The van der Waals surface area contributed by atoms with Gasteiger partial charge in [-0.15, -0.1) is 0 Å². The summed E-state index contributed by atoms with van der Waals surface area (Å²) >= 11 is 3.48. The quantitative estimate of drug-likeness (QED) is 0.805. The Morgan fingerprint density at radius 2 is 2.25 bits per heavy atom. The number of nitrogens with one attached hydrogen (secondary N) is 1. The van der Waals surface area contributed by atoms with Crippen molar-refractivity contribution in [2.24, 2.45) is 0 Å². The van der Waals surface area contributed by atoms with E-state index in [1.807, 2.05) is 0 Å². The molecule has 0 aromatic heterocycles. The second-order valence-electron chi connectivity index (χ2n) is 2.62. The number of rotatable bonds is 3. The lowest BCUT2D eigenvalue weighted by Gasteiger charge is -2.05. The zero-order valence-electron chi connectivity index (χ0n) is 7.23. The summed E-state index contributed by atoms with van der Waals surface area (Å²) in [5.74, 6) is 0. The minimum absolute atomic E-state index is 0.720. The molecular formula is C9H12BrNO. The summed E-state index contributed by atoms with van der Waals surface area (Å²) in [6.07, 6.45) is 0. The molecule has 0 heterocycles. The van der Waals surface area contributed by atoms with Crippen molar-refractivity contribution in [2.45, 2.75) is 13.5 Å². The number of hydrogen-bond donors (Lipinski definition) is 1. The average Bonchev–Trinajstić information content (AvgIpc) is 2.03. The molecule has 1 N–H and O–H groups in total. The second kappa shape index (κ2) is 4.60. The fourth-order valence-electron chi connectivity index (χ4n) is 0.946. The molecule has 1 rings (SSSR count). The Morgan fingerprint density at radius 1 is 1.50 bits per heavy atom. The van der Waals surface area contributed by atoms with Crippen LogP contribution in [0.15, 0.2) is 22.7 Å². The molecule has 3 heteroatoms. The number of aryl methyl sites for hydroxylation is 1. The summed E-state index contributed by atoms with van der Waals surface area (Å²) in [6.45, 7) is 2.79. The molecule has 1 aromatic carbocycles.